The number of carbonyl (C=O) groups excluding carboxylic acids is 2. The first-order valence-electron chi connectivity index (χ1n) is 8.54. The van der Waals surface area contributed by atoms with Crippen LogP contribution < -0.4 is 5.32 Å². The molecule has 1 aromatic carbocycles. The number of nitrogens with zero attached hydrogens (tertiary/aromatic N) is 1. The zero-order chi connectivity index (χ0) is 17.4. The minimum Gasteiger partial charge on any atom is -0.393 e. The van der Waals surface area contributed by atoms with E-state index in [0.29, 0.717) is 38.9 Å². The molecule has 5 heteroatoms. The second-order valence-electron chi connectivity index (χ2n) is 6.27. The van der Waals surface area contributed by atoms with Gasteiger partial charge in [0.25, 0.3) is 0 Å². The van der Waals surface area contributed by atoms with Gasteiger partial charge in [0.05, 0.1) is 6.10 Å². The van der Waals surface area contributed by atoms with E-state index in [-0.39, 0.29) is 17.7 Å². The third kappa shape index (κ3) is 5.81. The highest BCUT2D eigenvalue weighted by atomic mass is 16.3. The highest BCUT2D eigenvalue weighted by Crippen LogP contribution is 2.18. The highest BCUT2D eigenvalue weighted by molar-refractivity contribution is 5.92. The zero-order valence-electron chi connectivity index (χ0n) is 14.1. The van der Waals surface area contributed by atoms with Crippen LogP contribution >= 0.6 is 0 Å². The number of aliphatic hydroxyl groups is 1. The lowest BCUT2D eigenvalue weighted by Gasteiger charge is -2.30. The molecule has 0 saturated carbocycles. The van der Waals surface area contributed by atoms with Gasteiger partial charge in [-0.3, -0.25) is 9.59 Å². The number of nitrogens with one attached hydrogen (secondary N) is 1. The van der Waals surface area contributed by atoms with Crippen LogP contribution in [-0.4, -0.2) is 47.6 Å². The van der Waals surface area contributed by atoms with E-state index in [4.69, 9.17) is 0 Å². The topological polar surface area (TPSA) is 69.6 Å². The Kier molecular flexibility index (Phi) is 7.00. The van der Waals surface area contributed by atoms with E-state index < -0.39 is 6.10 Å². The van der Waals surface area contributed by atoms with E-state index in [1.807, 2.05) is 36.4 Å². The summed E-state index contributed by atoms with van der Waals surface area (Å²) in [5, 5.41) is 12.1. The summed E-state index contributed by atoms with van der Waals surface area (Å²) in [7, 11) is 0. The summed E-state index contributed by atoms with van der Waals surface area (Å²) in [5.41, 5.74) is 0.998. The molecular weight excluding hydrogens is 304 g/mol. The first-order chi connectivity index (χ1) is 11.6. The molecule has 1 saturated heterocycles. The number of hydrogen-bond donors (Lipinski definition) is 2. The smallest absolute Gasteiger partial charge is 0.246 e. The average molecular weight is 330 g/mol. The fourth-order valence-electron chi connectivity index (χ4n) is 2.75. The molecule has 1 aliphatic heterocycles. The summed E-state index contributed by atoms with van der Waals surface area (Å²) in [6, 6.07) is 9.72. The van der Waals surface area contributed by atoms with E-state index in [2.05, 4.69) is 5.32 Å². The van der Waals surface area contributed by atoms with E-state index in [0.717, 1.165) is 5.56 Å². The molecule has 1 fully saturated rings. The maximum absolute atomic E-state index is 12.2. The van der Waals surface area contributed by atoms with Gasteiger partial charge < -0.3 is 15.3 Å². The van der Waals surface area contributed by atoms with Gasteiger partial charge in [-0.05, 0) is 37.8 Å². The average Bonchev–Trinajstić information content (AvgIpc) is 2.60. The summed E-state index contributed by atoms with van der Waals surface area (Å²) < 4.78 is 0. The van der Waals surface area contributed by atoms with Crippen LogP contribution in [0.2, 0.25) is 0 Å². The van der Waals surface area contributed by atoms with E-state index in [1.54, 1.807) is 17.9 Å². The number of amides is 2. The normalized spacial score (nSPS) is 17.0. The number of benzene rings is 1. The second kappa shape index (κ2) is 9.23. The van der Waals surface area contributed by atoms with Crippen LogP contribution in [-0.2, 0) is 9.59 Å². The Labute approximate surface area is 143 Å². The highest BCUT2D eigenvalue weighted by Gasteiger charge is 2.26. The van der Waals surface area contributed by atoms with Gasteiger partial charge in [0.2, 0.25) is 11.8 Å². The lowest BCUT2D eigenvalue weighted by atomic mass is 9.95. The molecule has 1 atom stereocenters. The molecule has 0 aromatic heterocycles. The van der Waals surface area contributed by atoms with Crippen molar-refractivity contribution in [3.63, 3.8) is 0 Å². The minimum absolute atomic E-state index is 0.00758. The van der Waals surface area contributed by atoms with Crippen LogP contribution in [0.25, 0.3) is 6.08 Å². The molecule has 24 heavy (non-hydrogen) atoms. The van der Waals surface area contributed by atoms with Crippen molar-refractivity contribution < 1.29 is 14.7 Å². The lowest BCUT2D eigenvalue weighted by Crippen LogP contribution is -2.42. The van der Waals surface area contributed by atoms with Gasteiger partial charge in [0, 0.05) is 31.6 Å². The van der Waals surface area contributed by atoms with E-state index in [9.17, 15) is 14.7 Å². The van der Waals surface area contributed by atoms with Crippen molar-refractivity contribution >= 4 is 17.9 Å². The van der Waals surface area contributed by atoms with Gasteiger partial charge in [-0.2, -0.15) is 0 Å². The Bertz CT molecular complexity index is 561. The predicted molar refractivity (Wildman–Crippen MR) is 94.1 cm³/mol. The standard InChI is InChI=1S/C19H26N2O3/c1-15(22)9-12-20-19(24)17-10-13-21(14-11-17)18(23)8-7-16-5-3-2-4-6-16/h2-8,15,17,22H,9-14H2,1H3,(H,20,24). The second-order valence-corrected chi connectivity index (χ2v) is 6.27. The van der Waals surface area contributed by atoms with Crippen molar-refractivity contribution in [3.8, 4) is 0 Å². The number of likely N-dealkylation sites (tertiary alicyclic amines) is 1. The minimum atomic E-state index is -0.402. The van der Waals surface area contributed by atoms with Crippen molar-refractivity contribution in [1.29, 1.82) is 0 Å². The maximum atomic E-state index is 12.2. The lowest BCUT2D eigenvalue weighted by molar-refractivity contribution is -0.132. The molecule has 2 amide bonds. The number of hydrogen-bond acceptors (Lipinski definition) is 3. The van der Waals surface area contributed by atoms with Gasteiger partial charge in [-0.1, -0.05) is 30.3 Å². The SMILES string of the molecule is CC(O)CCNC(=O)C1CCN(C(=O)C=Cc2ccccc2)CC1. The van der Waals surface area contributed by atoms with Crippen LogP contribution in [0, 0.1) is 5.92 Å². The summed E-state index contributed by atoms with van der Waals surface area (Å²) in [4.78, 5) is 26.1. The van der Waals surface area contributed by atoms with Gasteiger partial charge in [-0.15, -0.1) is 0 Å². The number of carbonyl (C=O) groups is 2. The summed E-state index contributed by atoms with van der Waals surface area (Å²) in [6.45, 7) is 3.41. The molecule has 1 unspecified atom stereocenters. The summed E-state index contributed by atoms with van der Waals surface area (Å²) in [6.07, 6.45) is 4.95. The van der Waals surface area contributed by atoms with Gasteiger partial charge >= 0.3 is 0 Å². The molecular formula is C19H26N2O3. The molecule has 130 valence electrons. The van der Waals surface area contributed by atoms with Gasteiger partial charge in [0.1, 0.15) is 0 Å². The molecule has 0 bridgehead atoms. The van der Waals surface area contributed by atoms with Crippen molar-refractivity contribution in [2.24, 2.45) is 5.92 Å². The number of rotatable bonds is 6. The molecule has 1 aromatic rings. The Morgan fingerprint density at radius 3 is 2.58 bits per heavy atom. The first kappa shape index (κ1) is 18.2. The van der Waals surface area contributed by atoms with Gasteiger partial charge in [-0.25, -0.2) is 0 Å². The molecule has 0 spiro atoms. The van der Waals surface area contributed by atoms with Crippen LogP contribution in [0.5, 0.6) is 0 Å². The first-order valence-corrected chi connectivity index (χ1v) is 8.54. The van der Waals surface area contributed by atoms with Crippen molar-refractivity contribution in [2.45, 2.75) is 32.3 Å². The number of aliphatic hydroxyl groups excluding tert-OH is 1. The Balaban J connectivity index is 1.74. The molecule has 1 heterocycles. The molecule has 1 aliphatic rings. The van der Waals surface area contributed by atoms with Crippen molar-refractivity contribution in [2.75, 3.05) is 19.6 Å². The monoisotopic (exact) mass is 330 g/mol. The summed E-state index contributed by atoms with van der Waals surface area (Å²) >= 11 is 0. The predicted octanol–water partition coefficient (Wildman–Crippen LogP) is 1.83. The maximum Gasteiger partial charge on any atom is 0.246 e. The fraction of sp³-hybridized carbons (Fsp3) is 0.474. The van der Waals surface area contributed by atoms with Crippen LogP contribution in [0.1, 0.15) is 31.7 Å². The Morgan fingerprint density at radius 2 is 1.96 bits per heavy atom. The van der Waals surface area contributed by atoms with Crippen LogP contribution in [0.15, 0.2) is 36.4 Å². The fourth-order valence-corrected chi connectivity index (χ4v) is 2.75. The van der Waals surface area contributed by atoms with E-state index in [1.165, 1.54) is 0 Å². The molecule has 2 N–H and O–H groups in total. The Hall–Kier alpha value is -2.14. The van der Waals surface area contributed by atoms with Gasteiger partial charge in [0.15, 0.2) is 0 Å². The largest absolute Gasteiger partial charge is 0.393 e. The number of piperidine rings is 1. The quantitative estimate of drug-likeness (QED) is 0.782. The van der Waals surface area contributed by atoms with E-state index >= 15 is 0 Å². The Morgan fingerprint density at radius 1 is 1.29 bits per heavy atom. The molecule has 0 radical (unpaired) electrons. The molecule has 0 aliphatic carbocycles. The molecule has 5 nitrogen and oxygen atoms in total. The van der Waals surface area contributed by atoms with Crippen LogP contribution in [0.3, 0.4) is 0 Å². The summed E-state index contributed by atoms with van der Waals surface area (Å²) in [5.74, 6) is -0.0180. The third-order valence-corrected chi connectivity index (χ3v) is 4.26. The third-order valence-electron chi connectivity index (χ3n) is 4.26. The van der Waals surface area contributed by atoms with Crippen LogP contribution in [0.4, 0.5) is 0 Å². The van der Waals surface area contributed by atoms with Crippen molar-refractivity contribution in [3.05, 3.63) is 42.0 Å². The molecule has 2 rings (SSSR count). The zero-order valence-corrected chi connectivity index (χ0v) is 14.1. The van der Waals surface area contributed by atoms with Crippen molar-refractivity contribution in [1.82, 2.24) is 10.2 Å².